The molecule has 1 heterocycles. The quantitative estimate of drug-likeness (QED) is 0.650. The van der Waals surface area contributed by atoms with E-state index in [4.69, 9.17) is 4.74 Å². The predicted octanol–water partition coefficient (Wildman–Crippen LogP) is 1.09. The second-order valence-corrected chi connectivity index (χ2v) is 4.13. The number of aromatic nitrogens is 4. The van der Waals surface area contributed by atoms with Crippen molar-refractivity contribution >= 4 is 23.6 Å². The van der Waals surface area contributed by atoms with Gasteiger partial charge in [0, 0.05) is 0 Å². The zero-order valence-electron chi connectivity index (χ0n) is 12.1. The second kappa shape index (κ2) is 7.11. The van der Waals surface area contributed by atoms with Crippen molar-refractivity contribution in [2.24, 2.45) is 0 Å². The summed E-state index contributed by atoms with van der Waals surface area (Å²) in [5.41, 5.74) is 1.26. The van der Waals surface area contributed by atoms with Crippen molar-refractivity contribution in [2.75, 3.05) is 13.7 Å². The molecule has 0 aliphatic rings. The summed E-state index contributed by atoms with van der Waals surface area (Å²) in [4.78, 5) is 23.4. The van der Waals surface area contributed by atoms with E-state index >= 15 is 0 Å². The van der Waals surface area contributed by atoms with Crippen LogP contribution in [0.3, 0.4) is 0 Å². The Bertz CT molecular complexity index is 677. The van der Waals surface area contributed by atoms with Crippen molar-refractivity contribution in [3.8, 4) is 0 Å². The molecule has 22 heavy (non-hydrogen) atoms. The van der Waals surface area contributed by atoms with Crippen molar-refractivity contribution < 1.29 is 19.1 Å². The first-order valence-electron chi connectivity index (χ1n) is 6.46. The van der Waals surface area contributed by atoms with E-state index in [-0.39, 0.29) is 18.0 Å². The van der Waals surface area contributed by atoms with Crippen LogP contribution < -0.4 is 0 Å². The van der Waals surface area contributed by atoms with Crippen LogP contribution >= 0.6 is 0 Å². The maximum atomic E-state index is 12.0. The number of carbonyl (C=O) groups excluding carboxylic acids is 2. The van der Waals surface area contributed by atoms with Crippen LogP contribution in [0.4, 0.5) is 0 Å². The van der Waals surface area contributed by atoms with Gasteiger partial charge >= 0.3 is 11.9 Å². The van der Waals surface area contributed by atoms with Crippen molar-refractivity contribution in [2.45, 2.75) is 6.92 Å². The molecule has 0 unspecified atom stereocenters. The molecule has 0 spiro atoms. The highest BCUT2D eigenvalue weighted by Gasteiger charge is 2.17. The molecule has 2 rings (SSSR count). The molecule has 1 aromatic carbocycles. The van der Waals surface area contributed by atoms with E-state index in [1.165, 1.54) is 7.11 Å². The van der Waals surface area contributed by atoms with E-state index in [2.05, 4.69) is 25.4 Å². The highest BCUT2D eigenvalue weighted by molar-refractivity contribution is 6.20. The fourth-order valence-corrected chi connectivity index (χ4v) is 1.70. The van der Waals surface area contributed by atoms with E-state index in [1.54, 1.807) is 37.3 Å². The minimum Gasteiger partial charge on any atom is -0.465 e. The SMILES string of the molecule is CCOC(=O)/C(=C/c1ccc(C(=O)OC)cc1)c1nn[nH]n1. The van der Waals surface area contributed by atoms with Gasteiger partial charge in [-0.15, -0.1) is 10.2 Å². The molecule has 0 radical (unpaired) electrons. The Morgan fingerprint density at radius 1 is 1.27 bits per heavy atom. The summed E-state index contributed by atoms with van der Waals surface area (Å²) in [5, 5.41) is 13.3. The first-order valence-corrected chi connectivity index (χ1v) is 6.46. The summed E-state index contributed by atoms with van der Waals surface area (Å²) in [6, 6.07) is 6.53. The molecular weight excluding hydrogens is 288 g/mol. The highest BCUT2D eigenvalue weighted by atomic mass is 16.5. The molecule has 0 fully saturated rings. The summed E-state index contributed by atoms with van der Waals surface area (Å²) >= 11 is 0. The molecule has 8 heteroatoms. The van der Waals surface area contributed by atoms with Crippen molar-refractivity contribution in [3.05, 3.63) is 41.2 Å². The summed E-state index contributed by atoms with van der Waals surface area (Å²) < 4.78 is 9.60. The lowest BCUT2D eigenvalue weighted by molar-refractivity contribution is -0.136. The molecule has 0 saturated heterocycles. The fraction of sp³-hybridized carbons (Fsp3) is 0.214. The molecule has 0 bridgehead atoms. The number of tetrazole rings is 1. The number of hydrogen-bond acceptors (Lipinski definition) is 7. The standard InChI is InChI=1S/C14H14N4O4/c1-3-22-14(20)11(12-15-17-18-16-12)8-9-4-6-10(7-5-9)13(19)21-2/h4-8H,3H2,1-2H3,(H,15,16,17,18)/b11-8+. The number of nitrogens with zero attached hydrogens (tertiary/aromatic N) is 3. The number of methoxy groups -OCH3 is 1. The van der Waals surface area contributed by atoms with Gasteiger partial charge in [-0.25, -0.2) is 9.59 Å². The first-order chi connectivity index (χ1) is 10.7. The number of esters is 2. The summed E-state index contributed by atoms with van der Waals surface area (Å²) in [6.45, 7) is 1.94. The lowest BCUT2D eigenvalue weighted by atomic mass is 10.1. The molecule has 0 saturated carbocycles. The first kappa shape index (κ1) is 15.4. The Kier molecular flexibility index (Phi) is 4.97. The number of H-pyrrole nitrogens is 1. The molecular formula is C14H14N4O4. The van der Waals surface area contributed by atoms with Crippen LogP contribution in [-0.4, -0.2) is 46.3 Å². The minimum atomic E-state index is -0.555. The average molecular weight is 302 g/mol. The third-order valence-corrected chi connectivity index (χ3v) is 2.72. The molecule has 0 atom stereocenters. The molecule has 1 aromatic heterocycles. The normalized spacial score (nSPS) is 11.1. The van der Waals surface area contributed by atoms with E-state index in [0.29, 0.717) is 11.1 Å². The third kappa shape index (κ3) is 3.54. The Labute approximate surface area is 126 Å². The van der Waals surface area contributed by atoms with Gasteiger partial charge in [-0.05, 0) is 35.9 Å². The number of ether oxygens (including phenoxy) is 2. The molecule has 0 aliphatic heterocycles. The maximum Gasteiger partial charge on any atom is 0.342 e. The predicted molar refractivity (Wildman–Crippen MR) is 76.5 cm³/mol. The maximum absolute atomic E-state index is 12.0. The van der Waals surface area contributed by atoms with Gasteiger partial charge in [0.05, 0.1) is 19.3 Å². The largest absolute Gasteiger partial charge is 0.465 e. The zero-order valence-corrected chi connectivity index (χ0v) is 12.1. The van der Waals surface area contributed by atoms with Gasteiger partial charge in [0.1, 0.15) is 5.57 Å². The second-order valence-electron chi connectivity index (χ2n) is 4.13. The minimum absolute atomic E-state index is 0.135. The highest BCUT2D eigenvalue weighted by Crippen LogP contribution is 2.16. The number of rotatable bonds is 5. The van der Waals surface area contributed by atoms with E-state index in [0.717, 1.165) is 0 Å². The number of benzene rings is 1. The van der Waals surface area contributed by atoms with Crippen LogP contribution in [0, 0.1) is 0 Å². The van der Waals surface area contributed by atoms with Crippen LogP contribution in [-0.2, 0) is 14.3 Å². The van der Waals surface area contributed by atoms with Crippen LogP contribution in [0.2, 0.25) is 0 Å². The zero-order chi connectivity index (χ0) is 15.9. The molecule has 0 amide bonds. The molecule has 1 N–H and O–H groups in total. The van der Waals surface area contributed by atoms with E-state index < -0.39 is 11.9 Å². The summed E-state index contributed by atoms with van der Waals surface area (Å²) in [5.74, 6) is -0.851. The summed E-state index contributed by atoms with van der Waals surface area (Å²) in [6.07, 6.45) is 1.56. The Morgan fingerprint density at radius 3 is 2.55 bits per heavy atom. The number of nitrogens with one attached hydrogen (secondary N) is 1. The number of hydrogen-bond donors (Lipinski definition) is 1. The number of aromatic amines is 1. The van der Waals surface area contributed by atoms with Crippen LogP contribution in [0.25, 0.3) is 11.6 Å². The average Bonchev–Trinajstić information content (AvgIpc) is 3.06. The Balaban J connectivity index is 2.33. The lowest BCUT2D eigenvalue weighted by Gasteiger charge is -2.04. The van der Waals surface area contributed by atoms with Crippen molar-refractivity contribution in [1.29, 1.82) is 0 Å². The molecule has 0 aliphatic carbocycles. The third-order valence-electron chi connectivity index (χ3n) is 2.72. The monoisotopic (exact) mass is 302 g/mol. The Hall–Kier alpha value is -3.03. The molecule has 114 valence electrons. The fourth-order valence-electron chi connectivity index (χ4n) is 1.70. The van der Waals surface area contributed by atoms with Gasteiger partial charge in [0.15, 0.2) is 0 Å². The van der Waals surface area contributed by atoms with Crippen LogP contribution in [0.5, 0.6) is 0 Å². The van der Waals surface area contributed by atoms with Crippen molar-refractivity contribution in [3.63, 3.8) is 0 Å². The van der Waals surface area contributed by atoms with Gasteiger partial charge in [-0.1, -0.05) is 12.1 Å². The molecule has 8 nitrogen and oxygen atoms in total. The topological polar surface area (TPSA) is 107 Å². The summed E-state index contributed by atoms with van der Waals surface area (Å²) in [7, 11) is 1.31. The van der Waals surface area contributed by atoms with Gasteiger partial charge < -0.3 is 9.47 Å². The van der Waals surface area contributed by atoms with Crippen molar-refractivity contribution in [1.82, 2.24) is 20.6 Å². The Morgan fingerprint density at radius 2 is 2.00 bits per heavy atom. The van der Waals surface area contributed by atoms with Crippen LogP contribution in [0.1, 0.15) is 28.7 Å². The lowest BCUT2D eigenvalue weighted by Crippen LogP contribution is -2.08. The molecule has 2 aromatic rings. The van der Waals surface area contributed by atoms with Gasteiger partial charge in [-0.2, -0.15) is 5.21 Å². The number of carbonyl (C=O) groups is 2. The van der Waals surface area contributed by atoms with Gasteiger partial charge in [0.25, 0.3) is 0 Å². The van der Waals surface area contributed by atoms with E-state index in [9.17, 15) is 9.59 Å². The van der Waals surface area contributed by atoms with Gasteiger partial charge in [0.2, 0.25) is 5.82 Å². The smallest absolute Gasteiger partial charge is 0.342 e. The van der Waals surface area contributed by atoms with Crippen LogP contribution in [0.15, 0.2) is 24.3 Å². The van der Waals surface area contributed by atoms with Gasteiger partial charge in [-0.3, -0.25) is 0 Å². The van der Waals surface area contributed by atoms with E-state index in [1.807, 2.05) is 0 Å².